The van der Waals surface area contributed by atoms with E-state index in [9.17, 15) is 0 Å². The van der Waals surface area contributed by atoms with Crippen LogP contribution >= 0.6 is 12.4 Å². The first-order chi connectivity index (χ1) is 6.84. The molecule has 2 heterocycles. The minimum atomic E-state index is 0. The number of rotatable bonds is 3. The van der Waals surface area contributed by atoms with E-state index in [1.54, 1.807) is 0 Å². The van der Waals surface area contributed by atoms with Gasteiger partial charge in [-0.3, -0.25) is 0 Å². The normalized spacial score (nSPS) is 19.7. The molecule has 2 N–H and O–H groups in total. The van der Waals surface area contributed by atoms with Gasteiger partial charge in [-0.25, -0.2) is 0 Å². The van der Waals surface area contributed by atoms with Gasteiger partial charge in [0.25, 0.3) is 0 Å². The standard InChI is InChI=1S/C10H16N4.ClH/c1-8-4-5-10(14-13-8)12-7-9-3-2-6-11-9;/h4-5,9,11H,2-3,6-7H2,1H3,(H,12,14);1H. The van der Waals surface area contributed by atoms with Crippen molar-refractivity contribution in [1.82, 2.24) is 15.5 Å². The summed E-state index contributed by atoms with van der Waals surface area (Å²) in [5.74, 6) is 0.865. The first-order valence-corrected chi connectivity index (χ1v) is 5.12. The first-order valence-electron chi connectivity index (χ1n) is 5.12. The van der Waals surface area contributed by atoms with Crippen molar-refractivity contribution in [3.05, 3.63) is 17.8 Å². The molecule has 1 saturated heterocycles. The lowest BCUT2D eigenvalue weighted by atomic mass is 10.2. The Morgan fingerprint density at radius 3 is 2.93 bits per heavy atom. The van der Waals surface area contributed by atoms with Crippen LogP contribution in [0.2, 0.25) is 0 Å². The monoisotopic (exact) mass is 228 g/mol. The smallest absolute Gasteiger partial charge is 0.148 e. The highest BCUT2D eigenvalue weighted by atomic mass is 35.5. The fourth-order valence-electron chi connectivity index (χ4n) is 1.65. The Bertz CT molecular complexity index is 282. The van der Waals surface area contributed by atoms with Crippen molar-refractivity contribution in [2.24, 2.45) is 0 Å². The summed E-state index contributed by atoms with van der Waals surface area (Å²) in [5.41, 5.74) is 0.953. The maximum absolute atomic E-state index is 4.05. The van der Waals surface area contributed by atoms with Gasteiger partial charge in [0.2, 0.25) is 0 Å². The Hall–Kier alpha value is -0.870. The van der Waals surface area contributed by atoms with E-state index >= 15 is 0 Å². The first kappa shape index (κ1) is 12.2. The molecule has 1 aromatic rings. The lowest BCUT2D eigenvalue weighted by molar-refractivity contribution is 0.632. The van der Waals surface area contributed by atoms with E-state index in [1.807, 2.05) is 19.1 Å². The maximum Gasteiger partial charge on any atom is 0.148 e. The van der Waals surface area contributed by atoms with E-state index in [1.165, 1.54) is 12.8 Å². The third kappa shape index (κ3) is 3.64. The molecule has 15 heavy (non-hydrogen) atoms. The molecular formula is C10H17ClN4. The highest BCUT2D eigenvalue weighted by molar-refractivity contribution is 5.85. The minimum Gasteiger partial charge on any atom is -0.367 e. The van der Waals surface area contributed by atoms with Crippen LogP contribution in [0.5, 0.6) is 0 Å². The second-order valence-corrected chi connectivity index (χ2v) is 3.73. The summed E-state index contributed by atoms with van der Waals surface area (Å²) in [6.45, 7) is 4.03. The largest absolute Gasteiger partial charge is 0.367 e. The van der Waals surface area contributed by atoms with Crippen molar-refractivity contribution in [2.75, 3.05) is 18.4 Å². The summed E-state index contributed by atoms with van der Waals surface area (Å²) in [7, 11) is 0. The fourth-order valence-corrected chi connectivity index (χ4v) is 1.65. The van der Waals surface area contributed by atoms with Crippen molar-refractivity contribution >= 4 is 18.2 Å². The van der Waals surface area contributed by atoms with Gasteiger partial charge in [-0.05, 0) is 38.4 Å². The number of aromatic nitrogens is 2. The van der Waals surface area contributed by atoms with Crippen molar-refractivity contribution in [2.45, 2.75) is 25.8 Å². The third-order valence-corrected chi connectivity index (χ3v) is 2.49. The molecule has 0 saturated carbocycles. The van der Waals surface area contributed by atoms with E-state index in [-0.39, 0.29) is 12.4 Å². The molecule has 2 rings (SSSR count). The van der Waals surface area contributed by atoms with Crippen molar-refractivity contribution in [3.8, 4) is 0 Å². The number of anilines is 1. The number of nitrogens with zero attached hydrogens (tertiary/aromatic N) is 2. The molecule has 84 valence electrons. The van der Waals surface area contributed by atoms with E-state index in [0.717, 1.165) is 24.6 Å². The van der Waals surface area contributed by atoms with Gasteiger partial charge >= 0.3 is 0 Å². The molecule has 0 radical (unpaired) electrons. The van der Waals surface area contributed by atoms with Crippen LogP contribution in [0.15, 0.2) is 12.1 Å². The van der Waals surface area contributed by atoms with Crippen LogP contribution in [0, 0.1) is 6.92 Å². The van der Waals surface area contributed by atoms with Crippen molar-refractivity contribution < 1.29 is 0 Å². The van der Waals surface area contributed by atoms with Crippen LogP contribution in [0.25, 0.3) is 0 Å². The molecule has 0 amide bonds. The third-order valence-electron chi connectivity index (χ3n) is 2.49. The van der Waals surface area contributed by atoms with E-state index in [4.69, 9.17) is 0 Å². The lowest BCUT2D eigenvalue weighted by Gasteiger charge is -2.11. The maximum atomic E-state index is 4.05. The van der Waals surface area contributed by atoms with Crippen LogP contribution in [0.3, 0.4) is 0 Å². The Balaban J connectivity index is 0.00000112. The van der Waals surface area contributed by atoms with E-state index in [2.05, 4.69) is 20.8 Å². The molecule has 1 fully saturated rings. The number of hydrogen-bond donors (Lipinski definition) is 2. The average Bonchev–Trinajstić information content (AvgIpc) is 2.70. The predicted molar refractivity (Wildman–Crippen MR) is 63.5 cm³/mol. The number of halogens is 1. The van der Waals surface area contributed by atoms with Gasteiger partial charge in [0.05, 0.1) is 5.69 Å². The van der Waals surface area contributed by atoms with Gasteiger partial charge in [0.1, 0.15) is 5.82 Å². The number of nitrogens with one attached hydrogen (secondary N) is 2. The molecule has 0 bridgehead atoms. The van der Waals surface area contributed by atoms with Gasteiger partial charge in [-0.1, -0.05) is 0 Å². The molecule has 1 aliphatic heterocycles. The molecule has 1 aromatic heterocycles. The van der Waals surface area contributed by atoms with Gasteiger partial charge in [-0.15, -0.1) is 17.5 Å². The lowest BCUT2D eigenvalue weighted by Crippen LogP contribution is -2.29. The minimum absolute atomic E-state index is 0. The second kappa shape index (κ2) is 5.88. The van der Waals surface area contributed by atoms with E-state index < -0.39 is 0 Å². The zero-order valence-electron chi connectivity index (χ0n) is 8.86. The average molecular weight is 229 g/mol. The molecule has 0 aliphatic carbocycles. The zero-order valence-corrected chi connectivity index (χ0v) is 9.68. The molecule has 1 unspecified atom stereocenters. The Labute approximate surface area is 96.3 Å². The molecule has 1 aliphatic rings. The van der Waals surface area contributed by atoms with Crippen LogP contribution in [-0.4, -0.2) is 29.3 Å². The summed E-state index contributed by atoms with van der Waals surface area (Å²) in [5, 5.41) is 14.7. The summed E-state index contributed by atoms with van der Waals surface area (Å²) in [4.78, 5) is 0. The van der Waals surface area contributed by atoms with Gasteiger partial charge in [-0.2, -0.15) is 5.10 Å². The molecule has 5 heteroatoms. The second-order valence-electron chi connectivity index (χ2n) is 3.73. The predicted octanol–water partition coefficient (Wildman–Crippen LogP) is 1.37. The Morgan fingerprint density at radius 1 is 1.47 bits per heavy atom. The number of hydrogen-bond acceptors (Lipinski definition) is 4. The molecular weight excluding hydrogens is 212 g/mol. The molecule has 0 spiro atoms. The SMILES string of the molecule is Cc1ccc(NCC2CCCN2)nn1.Cl. The van der Waals surface area contributed by atoms with Crippen LogP contribution in [0.1, 0.15) is 18.5 Å². The summed E-state index contributed by atoms with van der Waals surface area (Å²) >= 11 is 0. The quantitative estimate of drug-likeness (QED) is 0.821. The van der Waals surface area contributed by atoms with Crippen molar-refractivity contribution in [3.63, 3.8) is 0 Å². The van der Waals surface area contributed by atoms with Crippen LogP contribution in [-0.2, 0) is 0 Å². The highest BCUT2D eigenvalue weighted by Crippen LogP contribution is 2.06. The van der Waals surface area contributed by atoms with Gasteiger partial charge in [0.15, 0.2) is 0 Å². The topological polar surface area (TPSA) is 49.8 Å². The van der Waals surface area contributed by atoms with E-state index in [0.29, 0.717) is 6.04 Å². The van der Waals surface area contributed by atoms with Crippen LogP contribution < -0.4 is 10.6 Å². The summed E-state index contributed by atoms with van der Waals surface area (Å²) in [6.07, 6.45) is 2.54. The summed E-state index contributed by atoms with van der Waals surface area (Å²) < 4.78 is 0. The number of aryl methyl sites for hydroxylation is 1. The molecule has 1 atom stereocenters. The van der Waals surface area contributed by atoms with Gasteiger partial charge in [0, 0.05) is 12.6 Å². The highest BCUT2D eigenvalue weighted by Gasteiger charge is 2.13. The zero-order chi connectivity index (χ0) is 9.80. The molecule has 4 nitrogen and oxygen atoms in total. The van der Waals surface area contributed by atoms with Crippen molar-refractivity contribution in [1.29, 1.82) is 0 Å². The van der Waals surface area contributed by atoms with Crippen LogP contribution in [0.4, 0.5) is 5.82 Å². The Morgan fingerprint density at radius 2 is 2.33 bits per heavy atom. The van der Waals surface area contributed by atoms with Gasteiger partial charge < -0.3 is 10.6 Å². The molecule has 0 aromatic carbocycles. The Kier molecular flexibility index (Phi) is 4.78. The summed E-state index contributed by atoms with van der Waals surface area (Å²) in [6, 6.07) is 4.53. The fraction of sp³-hybridized carbons (Fsp3) is 0.600.